The van der Waals surface area contributed by atoms with E-state index in [1.807, 2.05) is 0 Å². The summed E-state index contributed by atoms with van der Waals surface area (Å²) in [4.78, 5) is 8.44. The summed E-state index contributed by atoms with van der Waals surface area (Å²) in [5, 5.41) is 15.3. The van der Waals surface area contributed by atoms with Crippen molar-refractivity contribution in [3.8, 4) is 0 Å². The van der Waals surface area contributed by atoms with Crippen LogP contribution in [0.2, 0.25) is 0 Å². The molecular weight excluding hydrogens is 133 g/mol. The molecule has 5 heteroatoms. The number of hydrogen-bond donors (Lipinski definition) is 2. The summed E-state index contributed by atoms with van der Waals surface area (Å²) in [7, 11) is 0. The minimum Gasteiger partial charge on any atom is -0.565 e. The van der Waals surface area contributed by atoms with E-state index in [2.05, 4.69) is 0 Å². The van der Waals surface area contributed by atoms with E-state index in [0.717, 1.165) is 0 Å². The molecule has 0 heterocycles. The van der Waals surface area contributed by atoms with Crippen molar-refractivity contribution in [1.29, 1.82) is 0 Å². The average Bonchev–Trinajstić information content (AvgIpc) is 0.811. The Hall–Kier alpha value is -0.264. The van der Waals surface area contributed by atoms with Crippen LogP contribution < -0.4 is 11.3 Å². The van der Waals surface area contributed by atoms with E-state index in [-0.39, 0.29) is 22.9 Å². The minimum atomic E-state index is -2.08. The maximum atomic E-state index is 8.44. The molecule has 0 fully saturated rings. The largest absolute Gasteiger partial charge is 0.565 e. The number of quaternary nitrogens is 1. The minimum absolute atomic E-state index is 0. The van der Waals surface area contributed by atoms with E-state index in [1.165, 1.54) is 0 Å². The molecule has 0 aromatic heterocycles. The summed E-state index contributed by atoms with van der Waals surface area (Å²) in [5.74, 6) is 0. The molecule has 0 spiro atoms. The molecule has 0 aliphatic heterocycles. The normalized spacial score (nSPS) is 4.00. The molecule has 0 rings (SSSR count). The molecule has 0 aliphatic carbocycles. The van der Waals surface area contributed by atoms with Gasteiger partial charge in [-0.15, -0.1) is 0 Å². The van der Waals surface area contributed by atoms with Crippen LogP contribution in [0.1, 0.15) is 0 Å². The molecule has 0 unspecified atom stereocenters. The van der Waals surface area contributed by atoms with Gasteiger partial charge in [0.25, 0.3) is 0 Å². The summed E-state index contributed by atoms with van der Waals surface area (Å²) in [6.45, 7) is 0. The summed E-state index contributed by atoms with van der Waals surface area (Å²) in [6, 6.07) is 0. The van der Waals surface area contributed by atoms with Crippen LogP contribution in [0.25, 0.3) is 0 Å². The predicted molar refractivity (Wildman–Crippen MR) is 14.0 cm³/mol. The first-order valence-corrected chi connectivity index (χ1v) is 0.632. The Bertz CT molecular complexity index is 33.8. The summed E-state index contributed by atoms with van der Waals surface area (Å²) >= 11 is 0. The average molecular weight is 138 g/mol. The van der Waals surface area contributed by atoms with Gasteiger partial charge in [0.2, 0.25) is 6.16 Å². The first kappa shape index (κ1) is 17.2. The molecule has 0 aromatic carbocycles. The molecule has 41 valence electrons. The Kier molecular flexibility index (Phi) is 25.3. The first-order chi connectivity index (χ1) is 1.73. The van der Waals surface area contributed by atoms with Crippen molar-refractivity contribution in [2.75, 3.05) is 0 Å². The van der Waals surface area contributed by atoms with E-state index in [1.54, 1.807) is 0 Å². The molecule has 0 bridgehead atoms. The van der Waals surface area contributed by atoms with Gasteiger partial charge in [0.1, 0.15) is 0 Å². The van der Waals surface area contributed by atoms with Gasteiger partial charge in [-0.25, -0.2) is 0 Å². The zero-order chi connectivity index (χ0) is 3.58. The zero-order valence-corrected chi connectivity index (χ0v) is 4.14. The van der Waals surface area contributed by atoms with Gasteiger partial charge in [-0.2, -0.15) is 0 Å². The van der Waals surface area contributed by atoms with Gasteiger partial charge in [-0.3, -0.25) is 0 Å². The summed E-state index contributed by atoms with van der Waals surface area (Å²) in [5.41, 5.74) is 0. The summed E-state index contributed by atoms with van der Waals surface area (Å²) < 4.78 is 0. The Labute approximate surface area is 44.9 Å². The first-order valence-electron chi connectivity index (χ1n) is 0.632. The van der Waals surface area contributed by atoms with E-state index in [0.29, 0.717) is 0 Å². The number of carbonyl (C=O) groups is 1. The van der Waals surface area contributed by atoms with Gasteiger partial charge in [-0.05, 0) is 0 Å². The van der Waals surface area contributed by atoms with E-state index in [4.69, 9.17) is 15.0 Å². The summed E-state index contributed by atoms with van der Waals surface area (Å²) in [6.07, 6.45) is -2.08. The Morgan fingerprint density at radius 1 is 1.67 bits per heavy atom. The van der Waals surface area contributed by atoms with Crippen molar-refractivity contribution in [3.05, 3.63) is 0 Å². The Morgan fingerprint density at radius 3 is 1.67 bits per heavy atom. The second kappa shape index (κ2) is 8.83. The van der Waals surface area contributed by atoms with Crippen LogP contribution in [0.3, 0.4) is 0 Å². The van der Waals surface area contributed by atoms with Gasteiger partial charge in [0.15, 0.2) is 0 Å². The second-order valence-electron chi connectivity index (χ2n) is 0.266. The predicted octanol–water partition coefficient (Wildman–Crippen LogP) is -0.739. The van der Waals surface area contributed by atoms with E-state index >= 15 is 0 Å². The van der Waals surface area contributed by atoms with Gasteiger partial charge < -0.3 is 21.2 Å². The van der Waals surface area contributed by atoms with Crippen molar-refractivity contribution in [2.24, 2.45) is 0 Å². The second-order valence-corrected chi connectivity index (χ2v) is 0.266. The van der Waals surface area contributed by atoms with Crippen LogP contribution in [0, 0.1) is 0 Å². The van der Waals surface area contributed by atoms with Crippen LogP contribution in [0.15, 0.2) is 0 Å². The SMILES string of the molecule is O=C([O-])O.[Co].[NH4+]. The monoisotopic (exact) mass is 138 g/mol. The van der Waals surface area contributed by atoms with Gasteiger partial charge in [0, 0.05) is 16.8 Å². The van der Waals surface area contributed by atoms with Crippen molar-refractivity contribution < 1.29 is 31.8 Å². The van der Waals surface area contributed by atoms with Crippen LogP contribution >= 0.6 is 0 Å². The van der Waals surface area contributed by atoms with Crippen LogP contribution in [0.4, 0.5) is 4.79 Å². The Balaban J connectivity index is -0.0000000450. The smallest absolute Gasteiger partial charge is 0.249 e. The third-order valence-corrected chi connectivity index (χ3v) is 0. The molecule has 0 atom stereocenters. The zero-order valence-electron chi connectivity index (χ0n) is 3.10. The fraction of sp³-hybridized carbons (Fsp3) is 0. The molecule has 1 radical (unpaired) electrons. The van der Waals surface area contributed by atoms with Crippen molar-refractivity contribution >= 4 is 6.16 Å². The van der Waals surface area contributed by atoms with Crippen LogP contribution in [-0.2, 0) is 16.8 Å². The van der Waals surface area contributed by atoms with Crippen molar-refractivity contribution in [1.82, 2.24) is 6.15 Å². The standard InChI is InChI=1S/CH2O3.Co.H3N/c2-1(3)4;;/h(H2,2,3,4);;1H3. The van der Waals surface area contributed by atoms with Gasteiger partial charge in [-0.1, -0.05) is 0 Å². The van der Waals surface area contributed by atoms with Gasteiger partial charge in [0.05, 0.1) is 0 Å². The molecule has 0 saturated carbocycles. The number of carboxylic acid groups (broad SMARTS) is 2. The van der Waals surface area contributed by atoms with Crippen LogP contribution in [0.5, 0.6) is 0 Å². The third kappa shape index (κ3) is 403. The molecular formula is CH5CoNO3. The molecule has 6 heavy (non-hydrogen) atoms. The van der Waals surface area contributed by atoms with Crippen molar-refractivity contribution in [2.45, 2.75) is 0 Å². The van der Waals surface area contributed by atoms with Gasteiger partial charge >= 0.3 is 0 Å². The molecule has 4 nitrogen and oxygen atoms in total. The molecule has 5 N–H and O–H groups in total. The number of rotatable bonds is 0. The van der Waals surface area contributed by atoms with Crippen LogP contribution in [-0.4, -0.2) is 11.3 Å². The quantitative estimate of drug-likeness (QED) is 0.461. The van der Waals surface area contributed by atoms with Crippen molar-refractivity contribution in [3.63, 3.8) is 0 Å². The fourth-order valence-corrected chi connectivity index (χ4v) is 0. The molecule has 0 amide bonds. The fourth-order valence-electron chi connectivity index (χ4n) is 0. The molecule has 0 aliphatic rings. The number of hydrogen-bond acceptors (Lipinski definition) is 2. The third-order valence-electron chi connectivity index (χ3n) is 0. The maximum absolute atomic E-state index is 8.44. The Morgan fingerprint density at radius 2 is 1.67 bits per heavy atom. The molecule has 0 saturated heterocycles. The topological polar surface area (TPSA) is 96.9 Å². The molecule has 0 aromatic rings. The van der Waals surface area contributed by atoms with E-state index in [9.17, 15) is 0 Å². The van der Waals surface area contributed by atoms with E-state index < -0.39 is 6.16 Å². The maximum Gasteiger partial charge on any atom is 0.249 e.